The van der Waals surface area contributed by atoms with Crippen LogP contribution in [0.2, 0.25) is 0 Å². The van der Waals surface area contributed by atoms with Crippen molar-refractivity contribution in [3.05, 3.63) is 35.8 Å². The van der Waals surface area contributed by atoms with E-state index in [9.17, 15) is 19.8 Å². The first kappa shape index (κ1) is 24.2. The van der Waals surface area contributed by atoms with E-state index >= 15 is 0 Å². The van der Waals surface area contributed by atoms with Crippen LogP contribution in [0.5, 0.6) is 5.75 Å². The number of ether oxygens (including phenoxy) is 1. The van der Waals surface area contributed by atoms with E-state index in [0.717, 1.165) is 50.6 Å². The molecule has 32 heavy (non-hydrogen) atoms. The molecule has 3 aliphatic rings. The number of aliphatic hydroxyl groups is 2. The van der Waals surface area contributed by atoms with E-state index in [0.29, 0.717) is 13.2 Å². The number of carbonyl (C=O) groups excluding carboxylic acids is 2. The minimum absolute atomic E-state index is 0. The van der Waals surface area contributed by atoms with Gasteiger partial charge in [0.1, 0.15) is 17.3 Å². The number of hydrogen-bond acceptors (Lipinski definition) is 7. The minimum Gasteiger partial charge on any atom is -0.509 e. The number of hydrogen-bond donors (Lipinski definition) is 2. The summed E-state index contributed by atoms with van der Waals surface area (Å²) in [6.07, 6.45) is 0.837. The third-order valence-corrected chi connectivity index (χ3v) is 6.55. The van der Waals surface area contributed by atoms with Crippen molar-refractivity contribution in [2.24, 2.45) is 11.8 Å². The molecule has 4 rings (SSSR count). The Bertz CT molecular complexity index is 837. The third kappa shape index (κ3) is 4.81. The topological polar surface area (TPSA) is 93.6 Å². The lowest BCUT2D eigenvalue weighted by Gasteiger charge is -2.36. The highest BCUT2D eigenvalue weighted by Crippen LogP contribution is 2.39. The van der Waals surface area contributed by atoms with Crippen molar-refractivity contribution in [1.82, 2.24) is 9.80 Å². The van der Waals surface area contributed by atoms with E-state index < -0.39 is 11.8 Å². The molecule has 2 heterocycles. The molecule has 2 aliphatic heterocycles. The van der Waals surface area contributed by atoms with Crippen molar-refractivity contribution in [2.75, 3.05) is 50.8 Å². The Morgan fingerprint density at radius 1 is 0.938 bits per heavy atom. The van der Waals surface area contributed by atoms with Crippen LogP contribution < -0.4 is 9.64 Å². The summed E-state index contributed by atoms with van der Waals surface area (Å²) in [4.78, 5) is 31.3. The van der Waals surface area contributed by atoms with Gasteiger partial charge in [0.15, 0.2) is 0 Å². The van der Waals surface area contributed by atoms with Gasteiger partial charge in [-0.3, -0.25) is 19.4 Å². The smallest absolute Gasteiger partial charge is 0.233 e. The van der Waals surface area contributed by atoms with Gasteiger partial charge in [0.2, 0.25) is 11.8 Å². The lowest BCUT2D eigenvalue weighted by molar-refractivity contribution is -0.140. The van der Waals surface area contributed by atoms with Crippen molar-refractivity contribution in [2.45, 2.75) is 26.2 Å². The molecule has 8 nitrogen and oxygen atoms in total. The fraction of sp³-hybridized carbons (Fsp3) is 0.565. The molecule has 2 atom stereocenters. The number of halogens is 1. The summed E-state index contributed by atoms with van der Waals surface area (Å²) >= 11 is 0. The molecule has 0 saturated carbocycles. The van der Waals surface area contributed by atoms with Crippen LogP contribution >= 0.6 is 12.4 Å². The quantitative estimate of drug-likeness (QED) is 0.598. The summed E-state index contributed by atoms with van der Waals surface area (Å²) < 4.78 is 5.75. The van der Waals surface area contributed by atoms with Gasteiger partial charge < -0.3 is 19.8 Å². The minimum atomic E-state index is -0.530. The van der Waals surface area contributed by atoms with Crippen LogP contribution in [0.3, 0.4) is 0 Å². The Morgan fingerprint density at radius 2 is 1.53 bits per heavy atom. The van der Waals surface area contributed by atoms with Crippen LogP contribution in [-0.2, 0) is 9.59 Å². The number of piperazine rings is 1. The van der Waals surface area contributed by atoms with Gasteiger partial charge in [0, 0.05) is 45.6 Å². The van der Waals surface area contributed by atoms with Gasteiger partial charge >= 0.3 is 0 Å². The molecule has 1 aromatic carbocycles. The number of rotatable bonds is 7. The molecule has 2 fully saturated rings. The first-order chi connectivity index (χ1) is 15.0. The van der Waals surface area contributed by atoms with E-state index in [2.05, 4.69) is 15.9 Å². The maximum atomic E-state index is 12.6. The molecule has 0 spiro atoms. The average molecular weight is 466 g/mol. The molecular formula is C23H32ClN3O5. The zero-order valence-corrected chi connectivity index (χ0v) is 19.2. The van der Waals surface area contributed by atoms with Gasteiger partial charge in [-0.05, 0) is 32.0 Å². The average Bonchev–Trinajstić information content (AvgIpc) is 2.99. The van der Waals surface area contributed by atoms with E-state index in [1.165, 1.54) is 4.90 Å². The molecule has 176 valence electrons. The second kappa shape index (κ2) is 10.4. The zero-order valence-electron chi connectivity index (χ0n) is 18.4. The highest BCUT2D eigenvalue weighted by Gasteiger charge is 2.50. The van der Waals surface area contributed by atoms with E-state index in [1.807, 2.05) is 25.1 Å². The summed E-state index contributed by atoms with van der Waals surface area (Å²) in [5.74, 6) is -0.897. The van der Waals surface area contributed by atoms with E-state index in [-0.39, 0.29) is 48.6 Å². The van der Waals surface area contributed by atoms with Crippen molar-refractivity contribution in [3.8, 4) is 5.75 Å². The molecule has 0 aromatic heterocycles. The number of nitrogens with zero attached hydrogens (tertiary/aromatic N) is 3. The molecule has 2 saturated heterocycles. The monoisotopic (exact) mass is 465 g/mol. The Morgan fingerprint density at radius 3 is 2.12 bits per heavy atom. The van der Waals surface area contributed by atoms with E-state index in [4.69, 9.17) is 4.74 Å². The largest absolute Gasteiger partial charge is 0.509 e. The molecule has 2 amide bonds. The van der Waals surface area contributed by atoms with Crippen LogP contribution in [0.1, 0.15) is 26.2 Å². The van der Waals surface area contributed by atoms with E-state index in [1.54, 1.807) is 0 Å². The lowest BCUT2D eigenvalue weighted by atomic mass is 9.83. The highest BCUT2D eigenvalue weighted by molar-refractivity contribution is 6.05. The predicted octanol–water partition coefficient (Wildman–Crippen LogP) is 2.74. The standard InChI is InChI=1S/C23H31N3O5.ClH/c1-2-31-21-7-4-3-6-18(21)25-12-10-24(11-13-25)8-5-9-26-22(29)16-14-19(27)20(28)15-17(16)23(26)30;/h3-4,6-7,16-17,27-28H,2,5,8-15H2,1H3;1H. The second-order valence-corrected chi connectivity index (χ2v) is 8.43. The van der Waals surface area contributed by atoms with Crippen LogP contribution in [0.4, 0.5) is 5.69 Å². The van der Waals surface area contributed by atoms with Gasteiger partial charge in [-0.25, -0.2) is 0 Å². The maximum absolute atomic E-state index is 12.6. The number of fused-ring (bicyclic) bond motifs is 1. The van der Waals surface area contributed by atoms with Crippen LogP contribution in [0.15, 0.2) is 35.8 Å². The Balaban J connectivity index is 0.00000289. The van der Waals surface area contributed by atoms with Crippen LogP contribution in [0, 0.1) is 11.8 Å². The molecule has 0 radical (unpaired) electrons. The number of likely N-dealkylation sites (tertiary alicyclic amines) is 1. The van der Waals surface area contributed by atoms with Gasteiger partial charge in [-0.15, -0.1) is 12.4 Å². The number of carbonyl (C=O) groups is 2. The predicted molar refractivity (Wildman–Crippen MR) is 123 cm³/mol. The summed E-state index contributed by atoms with van der Waals surface area (Å²) in [5, 5.41) is 19.5. The number of benzene rings is 1. The van der Waals surface area contributed by atoms with Crippen molar-refractivity contribution in [3.63, 3.8) is 0 Å². The zero-order chi connectivity index (χ0) is 22.0. The van der Waals surface area contributed by atoms with Gasteiger partial charge in [-0.2, -0.15) is 0 Å². The summed E-state index contributed by atoms with van der Waals surface area (Å²) in [6, 6.07) is 8.11. The summed E-state index contributed by atoms with van der Waals surface area (Å²) in [6.45, 7) is 7.48. The molecular weight excluding hydrogens is 434 g/mol. The van der Waals surface area contributed by atoms with Crippen LogP contribution in [-0.4, -0.2) is 77.7 Å². The summed E-state index contributed by atoms with van der Waals surface area (Å²) in [5.41, 5.74) is 1.12. The van der Waals surface area contributed by atoms with Gasteiger partial charge in [0.05, 0.1) is 24.1 Å². The Kier molecular flexibility index (Phi) is 7.90. The first-order valence-electron chi connectivity index (χ1n) is 11.1. The van der Waals surface area contributed by atoms with Crippen molar-refractivity contribution in [1.29, 1.82) is 0 Å². The molecule has 2 N–H and O–H groups in total. The normalized spacial score (nSPS) is 23.9. The molecule has 2 unspecified atom stereocenters. The molecule has 1 aliphatic carbocycles. The molecule has 9 heteroatoms. The number of imide groups is 1. The fourth-order valence-corrected chi connectivity index (χ4v) is 4.85. The molecule has 0 bridgehead atoms. The number of allylic oxidation sites excluding steroid dienone is 2. The Hall–Kier alpha value is -2.45. The number of para-hydroxylation sites is 2. The van der Waals surface area contributed by atoms with Crippen molar-refractivity contribution < 1.29 is 24.5 Å². The lowest BCUT2D eigenvalue weighted by Crippen LogP contribution is -2.47. The number of anilines is 1. The maximum Gasteiger partial charge on any atom is 0.233 e. The first-order valence-corrected chi connectivity index (χ1v) is 11.1. The van der Waals surface area contributed by atoms with Crippen LogP contribution in [0.25, 0.3) is 0 Å². The van der Waals surface area contributed by atoms with Gasteiger partial charge in [-0.1, -0.05) is 12.1 Å². The SMILES string of the molecule is CCOc1ccccc1N1CCN(CCCN2C(=O)C3CC(O)=C(O)CC3C2=O)CC1.Cl. The second-order valence-electron chi connectivity index (χ2n) is 8.43. The van der Waals surface area contributed by atoms with Gasteiger partial charge in [0.25, 0.3) is 0 Å². The number of amides is 2. The van der Waals surface area contributed by atoms with Crippen molar-refractivity contribution >= 4 is 29.9 Å². The highest BCUT2D eigenvalue weighted by atomic mass is 35.5. The number of aliphatic hydroxyl groups excluding tert-OH is 2. The Labute approximate surface area is 194 Å². The fourth-order valence-electron chi connectivity index (χ4n) is 4.85. The third-order valence-electron chi connectivity index (χ3n) is 6.55. The summed E-state index contributed by atoms with van der Waals surface area (Å²) in [7, 11) is 0. The molecule has 1 aromatic rings.